The minimum atomic E-state index is -0.452. The van der Waals surface area contributed by atoms with Crippen molar-refractivity contribution in [1.82, 2.24) is 0 Å². The molecule has 0 aliphatic heterocycles. The van der Waals surface area contributed by atoms with Gasteiger partial charge < -0.3 is 5.73 Å². The lowest BCUT2D eigenvalue weighted by Crippen LogP contribution is -2.07. The number of rotatable bonds is 2. The largest absolute Gasteiger partial charge is 0.321 e. The maximum Gasteiger partial charge on any atom is 0.142 e. The second-order valence-electron chi connectivity index (χ2n) is 2.40. The molecule has 0 aromatic heterocycles. The summed E-state index contributed by atoms with van der Waals surface area (Å²) in [5, 5.41) is 0.0740. The molecule has 2 N–H and O–H groups in total. The van der Waals surface area contributed by atoms with Crippen molar-refractivity contribution in [2.75, 3.05) is 0 Å². The van der Waals surface area contributed by atoms with Crippen molar-refractivity contribution in [2.24, 2.45) is 5.73 Å². The molecule has 1 aromatic rings. The molecule has 72 valence electrons. The van der Waals surface area contributed by atoms with Crippen molar-refractivity contribution in [2.45, 2.75) is 6.04 Å². The summed E-state index contributed by atoms with van der Waals surface area (Å²) in [6.45, 7) is 3.50. The summed E-state index contributed by atoms with van der Waals surface area (Å²) < 4.78 is 12.9. The van der Waals surface area contributed by atoms with Gasteiger partial charge in [0.15, 0.2) is 0 Å². The first-order valence-corrected chi connectivity index (χ1v) is 3.86. The Bertz CT molecular complexity index is 302. The van der Waals surface area contributed by atoms with Gasteiger partial charge in [0.25, 0.3) is 0 Å². The topological polar surface area (TPSA) is 26.0 Å². The van der Waals surface area contributed by atoms with Crippen LogP contribution in [0.2, 0.25) is 5.02 Å². The van der Waals surface area contributed by atoms with Crippen molar-refractivity contribution >= 4 is 24.0 Å². The van der Waals surface area contributed by atoms with Crippen LogP contribution in [0.4, 0.5) is 4.39 Å². The Hall–Kier alpha value is -0.570. The van der Waals surface area contributed by atoms with E-state index >= 15 is 0 Å². The van der Waals surface area contributed by atoms with Gasteiger partial charge in [-0.05, 0) is 11.6 Å². The Labute approximate surface area is 87.8 Å². The zero-order valence-corrected chi connectivity index (χ0v) is 8.41. The molecule has 0 bridgehead atoms. The van der Waals surface area contributed by atoms with Crippen LogP contribution in [-0.2, 0) is 0 Å². The number of hydrogen-bond acceptors (Lipinski definition) is 1. The van der Waals surface area contributed by atoms with Crippen LogP contribution >= 0.6 is 24.0 Å². The van der Waals surface area contributed by atoms with Crippen LogP contribution in [0.1, 0.15) is 11.6 Å². The molecule has 0 amide bonds. The highest BCUT2D eigenvalue weighted by Gasteiger charge is 2.09. The number of hydrogen-bond donors (Lipinski definition) is 1. The summed E-state index contributed by atoms with van der Waals surface area (Å²) >= 11 is 5.66. The molecule has 0 aliphatic carbocycles. The van der Waals surface area contributed by atoms with E-state index < -0.39 is 11.9 Å². The molecule has 1 atom stereocenters. The van der Waals surface area contributed by atoms with Gasteiger partial charge >= 0.3 is 0 Å². The predicted octanol–water partition coefficient (Wildman–Crippen LogP) is 3.09. The van der Waals surface area contributed by atoms with Crippen LogP contribution in [0.15, 0.2) is 30.9 Å². The summed E-state index contributed by atoms with van der Waals surface area (Å²) in [7, 11) is 0. The summed E-state index contributed by atoms with van der Waals surface area (Å²) in [6, 6.07) is 4.13. The second-order valence-corrected chi connectivity index (χ2v) is 2.78. The lowest BCUT2D eigenvalue weighted by atomic mass is 10.1. The summed E-state index contributed by atoms with van der Waals surface area (Å²) in [6.07, 6.45) is 1.51. The Kier molecular flexibility index (Phi) is 4.99. The maximum atomic E-state index is 12.9. The quantitative estimate of drug-likeness (QED) is 0.764. The maximum absolute atomic E-state index is 12.9. The van der Waals surface area contributed by atoms with Gasteiger partial charge in [-0.25, -0.2) is 4.39 Å². The molecule has 0 heterocycles. The van der Waals surface area contributed by atoms with Crippen LogP contribution in [0.5, 0.6) is 0 Å². The van der Waals surface area contributed by atoms with Crippen LogP contribution in [0.3, 0.4) is 0 Å². The summed E-state index contributed by atoms with van der Waals surface area (Å²) in [5.41, 5.74) is 6.16. The fourth-order valence-corrected chi connectivity index (χ4v) is 1.16. The molecule has 0 unspecified atom stereocenters. The SMILES string of the molecule is C=C[C@@H](N)c1cccc(F)c1Cl.Cl. The molecular weight excluding hydrogens is 212 g/mol. The van der Waals surface area contributed by atoms with Crippen LogP contribution in [-0.4, -0.2) is 0 Å². The molecule has 0 saturated carbocycles. The highest BCUT2D eigenvalue weighted by molar-refractivity contribution is 6.31. The van der Waals surface area contributed by atoms with Crippen LogP contribution < -0.4 is 5.73 Å². The van der Waals surface area contributed by atoms with E-state index in [2.05, 4.69) is 6.58 Å². The normalized spacial score (nSPS) is 11.6. The van der Waals surface area contributed by atoms with Crippen molar-refractivity contribution in [1.29, 1.82) is 0 Å². The van der Waals surface area contributed by atoms with Crippen molar-refractivity contribution in [3.8, 4) is 0 Å². The third-order valence-electron chi connectivity index (χ3n) is 1.59. The fraction of sp³-hybridized carbons (Fsp3) is 0.111. The van der Waals surface area contributed by atoms with E-state index in [9.17, 15) is 4.39 Å². The van der Waals surface area contributed by atoms with Crippen molar-refractivity contribution in [3.63, 3.8) is 0 Å². The van der Waals surface area contributed by atoms with Crippen molar-refractivity contribution in [3.05, 3.63) is 47.3 Å². The minimum absolute atomic E-state index is 0. The monoisotopic (exact) mass is 221 g/mol. The molecule has 1 nitrogen and oxygen atoms in total. The Morgan fingerprint density at radius 1 is 1.54 bits per heavy atom. The molecule has 0 saturated heterocycles. The van der Waals surface area contributed by atoms with Gasteiger partial charge in [-0.2, -0.15) is 0 Å². The number of nitrogens with two attached hydrogens (primary N) is 1. The fourth-order valence-electron chi connectivity index (χ4n) is 0.905. The molecule has 13 heavy (non-hydrogen) atoms. The lowest BCUT2D eigenvalue weighted by Gasteiger charge is -2.08. The van der Waals surface area contributed by atoms with Gasteiger partial charge in [-0.1, -0.05) is 29.8 Å². The van der Waals surface area contributed by atoms with Gasteiger partial charge in [-0.15, -0.1) is 19.0 Å². The summed E-state index contributed by atoms with van der Waals surface area (Å²) in [5.74, 6) is -0.452. The van der Waals surface area contributed by atoms with E-state index in [1.807, 2.05) is 0 Å². The first kappa shape index (κ1) is 12.4. The minimum Gasteiger partial charge on any atom is -0.321 e. The molecule has 1 aromatic carbocycles. The Morgan fingerprint density at radius 2 is 2.15 bits per heavy atom. The van der Waals surface area contributed by atoms with E-state index in [-0.39, 0.29) is 17.4 Å². The average Bonchev–Trinajstić information content (AvgIpc) is 2.08. The van der Waals surface area contributed by atoms with Gasteiger partial charge in [0, 0.05) is 6.04 Å². The number of benzene rings is 1. The van der Waals surface area contributed by atoms with Gasteiger partial charge in [-0.3, -0.25) is 0 Å². The highest BCUT2D eigenvalue weighted by Crippen LogP contribution is 2.24. The first-order chi connectivity index (χ1) is 5.66. The van der Waals surface area contributed by atoms with Gasteiger partial charge in [0.1, 0.15) is 5.82 Å². The van der Waals surface area contributed by atoms with Gasteiger partial charge in [0.05, 0.1) is 5.02 Å². The predicted molar refractivity (Wildman–Crippen MR) is 55.8 cm³/mol. The third-order valence-corrected chi connectivity index (χ3v) is 1.99. The molecule has 0 fully saturated rings. The Morgan fingerprint density at radius 3 is 2.69 bits per heavy atom. The lowest BCUT2D eigenvalue weighted by molar-refractivity contribution is 0.624. The van der Waals surface area contributed by atoms with Gasteiger partial charge in [0.2, 0.25) is 0 Å². The van der Waals surface area contributed by atoms with E-state index in [4.69, 9.17) is 17.3 Å². The highest BCUT2D eigenvalue weighted by atomic mass is 35.5. The molecule has 0 spiro atoms. The van der Waals surface area contributed by atoms with Crippen LogP contribution in [0, 0.1) is 5.82 Å². The second kappa shape index (κ2) is 5.22. The van der Waals surface area contributed by atoms with E-state index in [0.29, 0.717) is 5.56 Å². The molecular formula is C9H10Cl2FN. The third kappa shape index (κ3) is 2.69. The molecule has 1 rings (SSSR count). The zero-order chi connectivity index (χ0) is 9.14. The smallest absolute Gasteiger partial charge is 0.142 e. The summed E-state index contributed by atoms with van der Waals surface area (Å²) in [4.78, 5) is 0. The number of halogens is 3. The molecule has 0 aliphatic rings. The average molecular weight is 222 g/mol. The van der Waals surface area contributed by atoms with E-state index in [0.717, 1.165) is 0 Å². The van der Waals surface area contributed by atoms with E-state index in [1.54, 1.807) is 12.1 Å². The van der Waals surface area contributed by atoms with E-state index in [1.165, 1.54) is 12.1 Å². The Balaban J connectivity index is 0.00000144. The molecule has 4 heteroatoms. The first-order valence-electron chi connectivity index (χ1n) is 3.49. The zero-order valence-electron chi connectivity index (χ0n) is 6.84. The standard InChI is InChI=1S/C9H9ClFN.ClH/c1-2-8(12)6-4-3-5-7(11)9(6)10;/h2-5,8H,1,12H2;1H/t8-;/m1./s1. The van der Waals surface area contributed by atoms with Crippen molar-refractivity contribution < 1.29 is 4.39 Å². The molecule has 0 radical (unpaired) electrons. The van der Waals surface area contributed by atoms with Crippen LogP contribution in [0.25, 0.3) is 0 Å².